The van der Waals surface area contributed by atoms with E-state index in [1.165, 1.54) is 32.6 Å². The molecule has 0 aromatic heterocycles. The third-order valence-corrected chi connectivity index (χ3v) is 17.1. The number of hydrogen-bond donors (Lipinski definition) is 0. The van der Waals surface area contributed by atoms with Crippen LogP contribution >= 0.6 is 22.6 Å². The monoisotopic (exact) mass is 434 g/mol. The second kappa shape index (κ2) is 9.07. The predicted octanol–water partition coefficient (Wildman–Crippen LogP) is 4.14. The fourth-order valence-corrected chi connectivity index (χ4v) is 15.6. The van der Waals surface area contributed by atoms with Gasteiger partial charge < -0.3 is 0 Å². The van der Waals surface area contributed by atoms with Crippen LogP contribution in [0.25, 0.3) is 0 Å². The molecule has 0 amide bonds. The van der Waals surface area contributed by atoms with Crippen molar-refractivity contribution < 1.29 is 7.87 Å². The molecule has 0 heterocycles. The van der Waals surface area contributed by atoms with Crippen LogP contribution in [0.4, 0.5) is 0 Å². The average Bonchev–Trinajstić information content (AvgIpc) is 2.18. The molecule has 4 heteroatoms. The van der Waals surface area contributed by atoms with E-state index >= 15 is 0 Å². The molecule has 0 aliphatic carbocycles. The number of carbonyl (C=O) groups excluding carboxylic acids is 1. The van der Waals surface area contributed by atoms with Crippen molar-refractivity contribution in [2.45, 2.75) is 53.3 Å². The summed E-state index contributed by atoms with van der Waals surface area (Å²) in [5.74, 6) is 0.0294. The summed E-state index contributed by atoms with van der Waals surface area (Å²) in [6.45, 7) is 6.61. The van der Waals surface area contributed by atoms with Gasteiger partial charge in [0.05, 0.1) is 0 Å². The van der Waals surface area contributed by atoms with Gasteiger partial charge in [0.25, 0.3) is 0 Å². The Kier molecular flexibility index (Phi) is 9.68. The Labute approximate surface area is 112 Å². The van der Waals surface area contributed by atoms with E-state index in [-0.39, 0.29) is 5.97 Å². The molecule has 0 saturated heterocycles. The molecule has 0 aromatic carbocycles. The minimum absolute atomic E-state index is 0.0294. The Morgan fingerprint density at radius 3 is 1.73 bits per heavy atom. The van der Waals surface area contributed by atoms with Crippen LogP contribution in [0.2, 0.25) is 13.3 Å². The van der Waals surface area contributed by atoms with Crippen LogP contribution in [0.3, 0.4) is 0 Å². The molecular weight excluding hydrogens is 410 g/mol. The number of hydrogen-bond acceptors (Lipinski definition) is 2. The van der Waals surface area contributed by atoms with Crippen molar-refractivity contribution in [2.75, 3.05) is 4.43 Å². The van der Waals surface area contributed by atoms with Crippen LogP contribution in [-0.4, -0.2) is 29.2 Å². The molecule has 0 rings (SSSR count). The number of alkyl halides is 1. The molecule has 0 aliphatic heterocycles. The summed E-state index contributed by atoms with van der Waals surface area (Å²) in [6, 6.07) is 0. The molecule has 0 bridgehead atoms. The van der Waals surface area contributed by atoms with Crippen LogP contribution in [0.15, 0.2) is 0 Å². The van der Waals surface area contributed by atoms with Crippen molar-refractivity contribution in [3.63, 3.8) is 0 Å². The van der Waals surface area contributed by atoms with Gasteiger partial charge in [-0.3, -0.25) is 0 Å². The molecule has 2 nitrogen and oxygen atoms in total. The quantitative estimate of drug-likeness (QED) is 0.327. The van der Waals surface area contributed by atoms with E-state index in [0.717, 1.165) is 0 Å². The maximum atomic E-state index is 11.5. The maximum absolute atomic E-state index is 11.5. The van der Waals surface area contributed by atoms with Gasteiger partial charge in [-0.25, -0.2) is 0 Å². The Hall–Kier alpha value is 0.999. The van der Waals surface area contributed by atoms with Gasteiger partial charge in [-0.05, 0) is 0 Å². The number of carbonyl (C=O) groups is 1. The molecule has 0 spiro atoms. The number of halogens is 1. The van der Waals surface area contributed by atoms with Crippen LogP contribution in [0, 0.1) is 0 Å². The fourth-order valence-electron chi connectivity index (χ4n) is 2.16. The van der Waals surface area contributed by atoms with Crippen LogP contribution in [0.1, 0.15) is 40.0 Å². The molecule has 0 aliphatic rings. The zero-order valence-electron chi connectivity index (χ0n) is 10.1. The molecule has 15 heavy (non-hydrogen) atoms. The summed E-state index contributed by atoms with van der Waals surface area (Å²) >= 11 is -0.432. The summed E-state index contributed by atoms with van der Waals surface area (Å²) in [7, 11) is 0. The Morgan fingerprint density at radius 2 is 1.47 bits per heavy atom. The third-order valence-electron chi connectivity index (χ3n) is 2.56. The molecule has 0 unspecified atom stereocenters. The molecule has 0 N–H and O–H groups in total. The number of rotatable bonds is 8. The molecule has 0 fully saturated rings. The zero-order valence-corrected chi connectivity index (χ0v) is 15.2. The summed E-state index contributed by atoms with van der Waals surface area (Å²) in [4.78, 5) is 11.5. The average molecular weight is 433 g/mol. The standard InChI is InChI=1S/3C3H7.C2H3IO2.Sn/c3*1-3-2;3-1-2(4)5;/h3*1,3H2,2H3;1H2,(H,4,5);/q;;;;+1/p-1. The summed E-state index contributed by atoms with van der Waals surface area (Å²) in [6.07, 6.45) is 3.51. The van der Waals surface area contributed by atoms with Crippen molar-refractivity contribution in [3.8, 4) is 0 Å². The van der Waals surface area contributed by atoms with Gasteiger partial charge in [-0.15, -0.1) is 0 Å². The van der Waals surface area contributed by atoms with Crippen LogP contribution in [0.5, 0.6) is 0 Å². The van der Waals surface area contributed by atoms with Gasteiger partial charge >= 0.3 is 113 Å². The van der Waals surface area contributed by atoms with E-state index in [1.807, 2.05) is 0 Å². The third kappa shape index (κ3) is 6.34. The van der Waals surface area contributed by atoms with Gasteiger partial charge in [0, 0.05) is 0 Å². The second-order valence-electron chi connectivity index (χ2n) is 4.04. The van der Waals surface area contributed by atoms with Gasteiger partial charge in [0.2, 0.25) is 0 Å². The van der Waals surface area contributed by atoms with Gasteiger partial charge in [0.1, 0.15) is 0 Å². The van der Waals surface area contributed by atoms with E-state index in [1.54, 1.807) is 0 Å². The van der Waals surface area contributed by atoms with Gasteiger partial charge in [0.15, 0.2) is 0 Å². The van der Waals surface area contributed by atoms with E-state index in [2.05, 4.69) is 43.4 Å². The van der Waals surface area contributed by atoms with Crippen molar-refractivity contribution in [2.24, 2.45) is 0 Å². The Bertz CT molecular complexity index is 168. The second-order valence-corrected chi connectivity index (χ2v) is 16.4. The molecule has 0 atom stereocenters. The summed E-state index contributed by atoms with van der Waals surface area (Å²) in [5.41, 5.74) is 0. The van der Waals surface area contributed by atoms with E-state index in [0.29, 0.717) is 4.43 Å². The molecule has 0 radical (unpaired) electrons. The predicted molar refractivity (Wildman–Crippen MR) is 76.0 cm³/mol. The topological polar surface area (TPSA) is 26.3 Å². The van der Waals surface area contributed by atoms with Gasteiger partial charge in [-0.1, -0.05) is 0 Å². The minimum atomic E-state index is -2.53. The van der Waals surface area contributed by atoms with E-state index in [4.69, 9.17) is 3.07 Å². The Balaban J connectivity index is 4.51. The Morgan fingerprint density at radius 1 is 1.07 bits per heavy atom. The van der Waals surface area contributed by atoms with E-state index in [9.17, 15) is 4.79 Å². The van der Waals surface area contributed by atoms with Crippen molar-refractivity contribution in [1.29, 1.82) is 0 Å². The first-order valence-corrected chi connectivity index (χ1v) is 14.7. The summed E-state index contributed by atoms with van der Waals surface area (Å²) < 4.78 is 10.0. The molecular formula is C11H23IO2Sn. The van der Waals surface area contributed by atoms with Crippen molar-refractivity contribution in [1.82, 2.24) is 0 Å². The molecule has 90 valence electrons. The SMILES string of the molecule is CC[CH2][Sn]([CH2]CC)([CH2]CC)[O]C(=O)CI. The summed E-state index contributed by atoms with van der Waals surface area (Å²) in [5, 5.41) is 0. The first-order valence-electron chi connectivity index (χ1n) is 5.92. The van der Waals surface area contributed by atoms with Crippen molar-refractivity contribution >= 4 is 47.4 Å². The zero-order chi connectivity index (χ0) is 11.7. The molecule has 0 aromatic rings. The normalized spacial score (nSPS) is 11.5. The molecule has 0 saturated carbocycles. The van der Waals surface area contributed by atoms with Gasteiger partial charge in [-0.2, -0.15) is 0 Å². The van der Waals surface area contributed by atoms with E-state index < -0.39 is 18.8 Å². The van der Waals surface area contributed by atoms with Crippen molar-refractivity contribution in [3.05, 3.63) is 0 Å². The van der Waals surface area contributed by atoms with Crippen LogP contribution < -0.4 is 0 Å². The van der Waals surface area contributed by atoms with Crippen LogP contribution in [-0.2, 0) is 7.87 Å². The first-order chi connectivity index (χ1) is 7.14. The first kappa shape index (κ1) is 16.0. The fraction of sp³-hybridized carbons (Fsp3) is 0.909.